The van der Waals surface area contributed by atoms with Crippen LogP contribution in [0.15, 0.2) is 35.3 Å². The van der Waals surface area contributed by atoms with Crippen molar-refractivity contribution < 1.29 is 9.59 Å². The Morgan fingerprint density at radius 2 is 1.92 bits per heavy atom. The minimum atomic E-state index is -0.513. The summed E-state index contributed by atoms with van der Waals surface area (Å²) in [6.07, 6.45) is 3.67. The van der Waals surface area contributed by atoms with Crippen molar-refractivity contribution in [2.24, 2.45) is 7.05 Å². The molecular formula is C19H22ClN3O3. The van der Waals surface area contributed by atoms with Gasteiger partial charge in [0.1, 0.15) is 5.56 Å². The van der Waals surface area contributed by atoms with E-state index in [1.165, 1.54) is 18.3 Å². The van der Waals surface area contributed by atoms with E-state index in [2.05, 4.69) is 10.6 Å². The van der Waals surface area contributed by atoms with Gasteiger partial charge in [-0.15, -0.1) is 0 Å². The summed E-state index contributed by atoms with van der Waals surface area (Å²) < 4.78 is 1.71. The Balaban J connectivity index is 2.12. The third kappa shape index (κ3) is 4.95. The summed E-state index contributed by atoms with van der Waals surface area (Å²) in [5.74, 6) is -0.616. The predicted molar refractivity (Wildman–Crippen MR) is 104 cm³/mol. The van der Waals surface area contributed by atoms with Crippen molar-refractivity contribution in [3.63, 3.8) is 0 Å². The van der Waals surface area contributed by atoms with Gasteiger partial charge in [0, 0.05) is 37.1 Å². The van der Waals surface area contributed by atoms with Gasteiger partial charge in [-0.3, -0.25) is 14.4 Å². The molecule has 0 fully saturated rings. The number of pyridine rings is 1. The second-order valence-electron chi connectivity index (χ2n) is 6.10. The first-order valence-electron chi connectivity index (χ1n) is 8.40. The third-order valence-corrected chi connectivity index (χ3v) is 4.30. The molecule has 0 spiro atoms. The molecule has 26 heavy (non-hydrogen) atoms. The van der Waals surface area contributed by atoms with Crippen LogP contribution < -0.4 is 16.1 Å². The monoisotopic (exact) mass is 375 g/mol. The van der Waals surface area contributed by atoms with Crippen molar-refractivity contribution in [2.45, 2.75) is 33.1 Å². The lowest BCUT2D eigenvalue weighted by Crippen LogP contribution is -2.23. The van der Waals surface area contributed by atoms with Gasteiger partial charge in [-0.05, 0) is 31.5 Å². The molecule has 0 unspecified atom stereocenters. The molecule has 2 aromatic rings. The second kappa shape index (κ2) is 8.67. The average molecular weight is 376 g/mol. The molecule has 0 atom stereocenters. The fourth-order valence-electron chi connectivity index (χ4n) is 2.34. The van der Waals surface area contributed by atoms with Crippen LogP contribution in [0.5, 0.6) is 0 Å². The van der Waals surface area contributed by atoms with Crippen molar-refractivity contribution in [3.05, 3.63) is 57.0 Å². The highest BCUT2D eigenvalue weighted by Crippen LogP contribution is 2.26. The fourth-order valence-corrected chi connectivity index (χ4v) is 2.57. The maximum Gasteiger partial charge on any atom is 0.261 e. The van der Waals surface area contributed by atoms with Crippen LogP contribution in [0.25, 0.3) is 0 Å². The number of aryl methyl sites for hydroxylation is 2. The molecule has 0 bridgehead atoms. The van der Waals surface area contributed by atoms with Crippen LogP contribution in [-0.2, 0) is 11.8 Å². The van der Waals surface area contributed by atoms with Gasteiger partial charge in [-0.1, -0.05) is 24.9 Å². The quantitative estimate of drug-likeness (QED) is 0.807. The number of aromatic nitrogens is 1. The van der Waals surface area contributed by atoms with E-state index in [0.29, 0.717) is 22.8 Å². The largest absolute Gasteiger partial charge is 0.354 e. The van der Waals surface area contributed by atoms with Crippen LogP contribution >= 0.6 is 11.6 Å². The first-order valence-corrected chi connectivity index (χ1v) is 8.77. The number of nitrogens with zero attached hydrogens (tertiary/aromatic N) is 1. The second-order valence-corrected chi connectivity index (χ2v) is 6.51. The van der Waals surface area contributed by atoms with E-state index in [4.69, 9.17) is 11.6 Å². The summed E-state index contributed by atoms with van der Waals surface area (Å²) in [5.41, 5.74) is 1.39. The van der Waals surface area contributed by atoms with Crippen LogP contribution in [0.2, 0.25) is 5.02 Å². The van der Waals surface area contributed by atoms with E-state index in [0.717, 1.165) is 18.5 Å². The Bertz CT molecular complexity index is 890. The zero-order valence-electron chi connectivity index (χ0n) is 15.1. The first kappa shape index (κ1) is 19.7. The maximum absolute atomic E-state index is 12.4. The van der Waals surface area contributed by atoms with Gasteiger partial charge < -0.3 is 15.2 Å². The molecule has 0 radical (unpaired) electrons. The van der Waals surface area contributed by atoms with E-state index < -0.39 is 5.91 Å². The van der Waals surface area contributed by atoms with Crippen molar-refractivity contribution >= 4 is 34.8 Å². The van der Waals surface area contributed by atoms with Crippen molar-refractivity contribution in [1.29, 1.82) is 0 Å². The molecule has 0 aliphatic carbocycles. The highest BCUT2D eigenvalue weighted by molar-refractivity contribution is 6.34. The SMILES string of the molecule is CCCCC(=O)Nc1ccc(NC(=O)c2cn(C)c(C)cc2=O)cc1Cl. The van der Waals surface area contributed by atoms with E-state index in [1.807, 2.05) is 6.92 Å². The summed E-state index contributed by atoms with van der Waals surface area (Å²) in [7, 11) is 1.76. The number of halogens is 1. The standard InChI is InChI=1S/C19H22ClN3O3/c1-4-5-6-18(25)22-16-8-7-13(10-15(16)20)21-19(26)14-11-23(3)12(2)9-17(14)24/h7-11H,4-6H2,1-3H3,(H,21,26)(H,22,25). The molecule has 6 nitrogen and oxygen atoms in total. The molecule has 1 heterocycles. The number of benzene rings is 1. The Labute approximate surface area is 157 Å². The number of carbonyl (C=O) groups excluding carboxylic acids is 2. The van der Waals surface area contributed by atoms with Crippen molar-refractivity contribution in [2.75, 3.05) is 10.6 Å². The molecule has 1 aromatic heterocycles. The Kier molecular flexibility index (Phi) is 6.58. The van der Waals surface area contributed by atoms with Crippen LogP contribution in [-0.4, -0.2) is 16.4 Å². The number of carbonyl (C=O) groups is 2. The molecule has 2 rings (SSSR count). The Morgan fingerprint density at radius 1 is 1.19 bits per heavy atom. The van der Waals surface area contributed by atoms with Crippen molar-refractivity contribution in [3.8, 4) is 0 Å². The van der Waals surface area contributed by atoms with E-state index >= 15 is 0 Å². The number of hydrogen-bond acceptors (Lipinski definition) is 3. The molecule has 138 valence electrons. The highest BCUT2D eigenvalue weighted by atomic mass is 35.5. The lowest BCUT2D eigenvalue weighted by Gasteiger charge is -2.11. The number of unbranched alkanes of at least 4 members (excludes halogenated alkanes) is 1. The minimum absolute atomic E-state index is 0.0474. The number of nitrogens with one attached hydrogen (secondary N) is 2. The molecule has 1 aromatic carbocycles. The van der Waals surface area contributed by atoms with Gasteiger partial charge in [-0.25, -0.2) is 0 Å². The van der Waals surface area contributed by atoms with E-state index in [1.54, 1.807) is 30.7 Å². The predicted octanol–water partition coefficient (Wildman–Crippen LogP) is 3.73. The molecule has 0 aliphatic rings. The average Bonchev–Trinajstić information content (AvgIpc) is 2.58. The third-order valence-electron chi connectivity index (χ3n) is 3.99. The molecule has 2 amide bonds. The summed E-state index contributed by atoms with van der Waals surface area (Å²) in [4.78, 5) is 36.1. The first-order chi connectivity index (χ1) is 12.3. The molecule has 0 saturated carbocycles. The lowest BCUT2D eigenvalue weighted by atomic mass is 10.2. The van der Waals surface area contributed by atoms with Crippen LogP contribution in [0.3, 0.4) is 0 Å². The summed E-state index contributed by atoms with van der Waals surface area (Å²) in [6.45, 7) is 3.80. The molecular weight excluding hydrogens is 354 g/mol. The zero-order valence-corrected chi connectivity index (χ0v) is 15.8. The smallest absolute Gasteiger partial charge is 0.261 e. The Morgan fingerprint density at radius 3 is 2.58 bits per heavy atom. The summed E-state index contributed by atoms with van der Waals surface area (Å²) >= 11 is 6.18. The van der Waals surface area contributed by atoms with Crippen LogP contribution in [0, 0.1) is 6.92 Å². The summed E-state index contributed by atoms with van der Waals surface area (Å²) in [5, 5.41) is 5.70. The zero-order chi connectivity index (χ0) is 19.3. The van der Waals surface area contributed by atoms with E-state index in [9.17, 15) is 14.4 Å². The van der Waals surface area contributed by atoms with Gasteiger partial charge in [0.2, 0.25) is 5.91 Å². The van der Waals surface area contributed by atoms with Crippen LogP contribution in [0.4, 0.5) is 11.4 Å². The molecule has 0 aliphatic heterocycles. The number of anilines is 2. The van der Waals surface area contributed by atoms with E-state index in [-0.39, 0.29) is 16.9 Å². The number of amides is 2. The Hall–Kier alpha value is -2.60. The number of hydrogen-bond donors (Lipinski definition) is 2. The fraction of sp³-hybridized carbons (Fsp3) is 0.316. The van der Waals surface area contributed by atoms with Gasteiger partial charge in [0.05, 0.1) is 10.7 Å². The normalized spacial score (nSPS) is 10.5. The van der Waals surface area contributed by atoms with Gasteiger partial charge in [-0.2, -0.15) is 0 Å². The number of rotatable bonds is 6. The maximum atomic E-state index is 12.4. The molecule has 0 saturated heterocycles. The molecule has 7 heteroatoms. The van der Waals surface area contributed by atoms with Gasteiger partial charge >= 0.3 is 0 Å². The topological polar surface area (TPSA) is 80.2 Å². The van der Waals surface area contributed by atoms with Crippen molar-refractivity contribution in [1.82, 2.24) is 4.57 Å². The van der Waals surface area contributed by atoms with Crippen LogP contribution in [0.1, 0.15) is 42.2 Å². The van der Waals surface area contributed by atoms with Gasteiger partial charge in [0.15, 0.2) is 5.43 Å². The highest BCUT2D eigenvalue weighted by Gasteiger charge is 2.13. The summed E-state index contributed by atoms with van der Waals surface area (Å²) in [6, 6.07) is 6.19. The minimum Gasteiger partial charge on any atom is -0.354 e. The van der Waals surface area contributed by atoms with Gasteiger partial charge in [0.25, 0.3) is 5.91 Å². The molecule has 2 N–H and O–H groups in total. The lowest BCUT2D eigenvalue weighted by molar-refractivity contribution is -0.116.